The summed E-state index contributed by atoms with van der Waals surface area (Å²) in [6, 6.07) is 1.67. The van der Waals surface area contributed by atoms with Crippen molar-refractivity contribution in [1.82, 2.24) is 0 Å². The lowest BCUT2D eigenvalue weighted by molar-refractivity contribution is 0.381. The smallest absolute Gasteiger partial charge is 0.200 e. The van der Waals surface area contributed by atoms with Crippen molar-refractivity contribution in [3.05, 3.63) is 49.9 Å². The van der Waals surface area contributed by atoms with Crippen molar-refractivity contribution in [1.29, 1.82) is 0 Å². The van der Waals surface area contributed by atoms with E-state index in [4.69, 9.17) is 0 Å². The van der Waals surface area contributed by atoms with Crippen molar-refractivity contribution in [3.63, 3.8) is 0 Å². The lowest BCUT2D eigenvalue weighted by atomic mass is 10.2. The van der Waals surface area contributed by atoms with Crippen molar-refractivity contribution in [3.8, 4) is 0 Å². The number of nitrogens with one attached hydrogen (secondary N) is 1. The zero-order valence-electron chi connectivity index (χ0n) is 9.04. The van der Waals surface area contributed by atoms with Crippen LogP contribution in [0.15, 0.2) is 15.2 Å². The number of anilines is 1. The molecule has 0 amide bonds. The van der Waals surface area contributed by atoms with E-state index in [1.807, 2.05) is 0 Å². The van der Waals surface area contributed by atoms with Gasteiger partial charge in [-0.2, -0.15) is 0 Å². The molecule has 0 bridgehead atoms. The zero-order valence-corrected chi connectivity index (χ0v) is 11.4. The molecule has 0 aliphatic carbocycles. The second-order valence-corrected chi connectivity index (χ2v) is 5.85. The van der Waals surface area contributed by atoms with Gasteiger partial charge in [0.15, 0.2) is 23.3 Å². The third kappa shape index (κ3) is 2.74. The molecule has 1 aromatic heterocycles. The third-order valence-corrected chi connectivity index (χ3v) is 3.85. The standard InChI is InChI=1S/C11H5BrF5NS/c12-5-1-4(3-19-5)2-18-11-9(16)7(14)6(13)8(15)10(11)17/h1,3,18H,2H2. The van der Waals surface area contributed by atoms with Crippen LogP contribution in [-0.2, 0) is 6.54 Å². The number of halogens is 6. The summed E-state index contributed by atoms with van der Waals surface area (Å²) < 4.78 is 66.1. The second-order valence-electron chi connectivity index (χ2n) is 3.56. The van der Waals surface area contributed by atoms with Gasteiger partial charge in [0.05, 0.1) is 3.79 Å². The average molecular weight is 358 g/mol. The zero-order chi connectivity index (χ0) is 14.2. The van der Waals surface area contributed by atoms with Crippen molar-refractivity contribution >= 4 is 33.0 Å². The summed E-state index contributed by atoms with van der Waals surface area (Å²) in [6.45, 7) is -0.0551. The minimum Gasteiger partial charge on any atom is -0.376 e. The van der Waals surface area contributed by atoms with Crippen molar-refractivity contribution < 1.29 is 22.0 Å². The van der Waals surface area contributed by atoms with Crippen LogP contribution in [0.5, 0.6) is 0 Å². The van der Waals surface area contributed by atoms with Crippen LogP contribution in [0.3, 0.4) is 0 Å². The van der Waals surface area contributed by atoms with Gasteiger partial charge in [-0.3, -0.25) is 0 Å². The summed E-state index contributed by atoms with van der Waals surface area (Å²) in [6.07, 6.45) is 0. The van der Waals surface area contributed by atoms with E-state index >= 15 is 0 Å². The Kier molecular flexibility index (Phi) is 4.10. The largest absolute Gasteiger partial charge is 0.376 e. The van der Waals surface area contributed by atoms with Crippen LogP contribution < -0.4 is 5.32 Å². The number of benzene rings is 1. The van der Waals surface area contributed by atoms with Crippen LogP contribution in [0.4, 0.5) is 27.6 Å². The Labute approximate surface area is 117 Å². The maximum atomic E-state index is 13.3. The van der Waals surface area contributed by atoms with E-state index in [0.717, 1.165) is 3.79 Å². The van der Waals surface area contributed by atoms with E-state index in [1.54, 1.807) is 11.4 Å². The van der Waals surface area contributed by atoms with E-state index in [2.05, 4.69) is 21.2 Å². The Hall–Kier alpha value is -1.15. The van der Waals surface area contributed by atoms with E-state index in [9.17, 15) is 22.0 Å². The fourth-order valence-corrected chi connectivity index (χ4v) is 2.60. The number of rotatable bonds is 3. The lowest BCUT2D eigenvalue weighted by Gasteiger charge is -2.09. The van der Waals surface area contributed by atoms with Crippen molar-refractivity contribution in [2.45, 2.75) is 6.54 Å². The summed E-state index contributed by atoms with van der Waals surface area (Å²) in [5.41, 5.74) is -0.375. The van der Waals surface area contributed by atoms with Gasteiger partial charge < -0.3 is 5.32 Å². The SMILES string of the molecule is Fc1c(F)c(F)c(NCc2csc(Br)c2)c(F)c1F. The van der Waals surface area contributed by atoms with Gasteiger partial charge >= 0.3 is 0 Å². The topological polar surface area (TPSA) is 12.0 Å². The van der Waals surface area contributed by atoms with Gasteiger partial charge in [-0.25, -0.2) is 22.0 Å². The third-order valence-electron chi connectivity index (χ3n) is 2.30. The maximum Gasteiger partial charge on any atom is 0.200 e. The first-order valence-electron chi connectivity index (χ1n) is 4.90. The molecule has 0 atom stereocenters. The Balaban J connectivity index is 2.30. The average Bonchev–Trinajstić information content (AvgIpc) is 2.80. The van der Waals surface area contributed by atoms with E-state index in [1.165, 1.54) is 11.3 Å². The quantitative estimate of drug-likeness (QED) is 0.471. The molecular formula is C11H5BrF5NS. The predicted octanol–water partition coefficient (Wildman–Crippen LogP) is 4.82. The lowest BCUT2D eigenvalue weighted by Crippen LogP contribution is -2.09. The van der Waals surface area contributed by atoms with Crippen molar-refractivity contribution in [2.75, 3.05) is 5.32 Å². The van der Waals surface area contributed by atoms with Gasteiger partial charge in [-0.15, -0.1) is 11.3 Å². The van der Waals surface area contributed by atoms with Gasteiger partial charge in [0.2, 0.25) is 5.82 Å². The molecule has 0 saturated carbocycles. The highest BCUT2D eigenvalue weighted by Crippen LogP contribution is 2.28. The van der Waals surface area contributed by atoms with E-state index in [-0.39, 0.29) is 6.54 Å². The fourth-order valence-electron chi connectivity index (χ4n) is 1.39. The highest BCUT2D eigenvalue weighted by Gasteiger charge is 2.25. The summed E-state index contributed by atoms with van der Waals surface area (Å²) in [5.74, 6) is -9.84. The van der Waals surface area contributed by atoms with E-state index in [0.29, 0.717) is 5.56 Å². The summed E-state index contributed by atoms with van der Waals surface area (Å²) >= 11 is 4.53. The molecule has 0 spiro atoms. The van der Waals surface area contributed by atoms with E-state index < -0.39 is 34.8 Å². The van der Waals surface area contributed by atoms with Crippen LogP contribution in [0.25, 0.3) is 0 Å². The molecule has 102 valence electrons. The Bertz CT molecular complexity index is 599. The number of thiophene rings is 1. The minimum atomic E-state index is -2.17. The Morgan fingerprint density at radius 1 is 0.947 bits per heavy atom. The van der Waals surface area contributed by atoms with Crippen LogP contribution >= 0.6 is 27.3 Å². The van der Waals surface area contributed by atoms with Crippen LogP contribution in [-0.4, -0.2) is 0 Å². The van der Waals surface area contributed by atoms with Crippen LogP contribution in [0.2, 0.25) is 0 Å². The molecule has 1 heterocycles. The number of hydrogen-bond acceptors (Lipinski definition) is 2. The Morgan fingerprint density at radius 3 is 1.95 bits per heavy atom. The molecular weight excluding hydrogens is 353 g/mol. The van der Waals surface area contributed by atoms with Crippen LogP contribution in [0.1, 0.15) is 5.56 Å². The molecule has 0 fully saturated rings. The normalized spacial score (nSPS) is 10.8. The molecule has 0 aliphatic heterocycles. The Morgan fingerprint density at radius 2 is 1.47 bits per heavy atom. The summed E-state index contributed by atoms with van der Waals surface area (Å²) in [4.78, 5) is 0. The molecule has 1 nitrogen and oxygen atoms in total. The summed E-state index contributed by atoms with van der Waals surface area (Å²) in [5, 5.41) is 3.89. The summed E-state index contributed by atoms with van der Waals surface area (Å²) in [7, 11) is 0. The van der Waals surface area contributed by atoms with Gasteiger partial charge in [-0.1, -0.05) is 0 Å². The molecule has 1 N–H and O–H groups in total. The molecule has 2 rings (SSSR count). The molecule has 0 radical (unpaired) electrons. The van der Waals surface area contributed by atoms with Gasteiger partial charge in [0, 0.05) is 6.54 Å². The minimum absolute atomic E-state index is 0.0551. The molecule has 8 heteroatoms. The molecule has 1 aromatic carbocycles. The highest BCUT2D eigenvalue weighted by molar-refractivity contribution is 9.11. The second kappa shape index (κ2) is 5.46. The van der Waals surface area contributed by atoms with Crippen LogP contribution in [0, 0.1) is 29.1 Å². The maximum absolute atomic E-state index is 13.3. The van der Waals surface area contributed by atoms with Gasteiger partial charge in [0.25, 0.3) is 0 Å². The van der Waals surface area contributed by atoms with Crippen molar-refractivity contribution in [2.24, 2.45) is 0 Å². The monoisotopic (exact) mass is 357 g/mol. The molecule has 0 saturated heterocycles. The molecule has 2 aromatic rings. The van der Waals surface area contributed by atoms with Gasteiger partial charge in [0.1, 0.15) is 5.69 Å². The number of hydrogen-bond donors (Lipinski definition) is 1. The van der Waals surface area contributed by atoms with Gasteiger partial charge in [-0.05, 0) is 32.9 Å². The first-order chi connectivity index (χ1) is 8.91. The predicted molar refractivity (Wildman–Crippen MR) is 65.6 cm³/mol. The molecule has 0 unspecified atom stereocenters. The first kappa shape index (κ1) is 14.3. The first-order valence-corrected chi connectivity index (χ1v) is 6.57. The fraction of sp³-hybridized carbons (Fsp3) is 0.0909. The molecule has 19 heavy (non-hydrogen) atoms. The highest BCUT2D eigenvalue weighted by atomic mass is 79.9. The molecule has 0 aliphatic rings.